The summed E-state index contributed by atoms with van der Waals surface area (Å²) in [5.74, 6) is 0.00294. The third-order valence-electron chi connectivity index (χ3n) is 5.87. The first-order valence-corrected chi connectivity index (χ1v) is 10.5. The van der Waals surface area contributed by atoms with Gasteiger partial charge in [0, 0.05) is 36.1 Å². The molecule has 1 aromatic heterocycles. The number of amides is 1. The van der Waals surface area contributed by atoms with Crippen LogP contribution in [0, 0.1) is 6.92 Å². The van der Waals surface area contributed by atoms with E-state index in [9.17, 15) is 4.79 Å². The lowest BCUT2D eigenvalue weighted by molar-refractivity contribution is 0.0902. The molecule has 0 unspecified atom stereocenters. The molecule has 0 atom stereocenters. The fourth-order valence-electron chi connectivity index (χ4n) is 4.11. The molecule has 0 spiro atoms. The van der Waals surface area contributed by atoms with Gasteiger partial charge in [-0.25, -0.2) is 4.98 Å². The molecular weight excluding hydrogens is 358 g/mol. The van der Waals surface area contributed by atoms with Crippen LogP contribution in [-0.4, -0.2) is 41.0 Å². The minimum atomic E-state index is 0.00294. The van der Waals surface area contributed by atoms with Crippen molar-refractivity contribution in [3.05, 3.63) is 65.7 Å². The summed E-state index contributed by atoms with van der Waals surface area (Å²) in [7, 11) is 0. The number of carbonyl (C=O) groups is 1. The molecule has 0 bridgehead atoms. The second-order valence-electron chi connectivity index (χ2n) is 8.32. The molecular formula is C25H29N3O. The Morgan fingerprint density at radius 3 is 2.48 bits per heavy atom. The van der Waals surface area contributed by atoms with Crippen LogP contribution in [0.4, 0.5) is 0 Å². The number of rotatable bonds is 4. The van der Waals surface area contributed by atoms with E-state index in [1.807, 2.05) is 55.5 Å². The highest BCUT2D eigenvalue weighted by atomic mass is 16.1. The van der Waals surface area contributed by atoms with Crippen molar-refractivity contribution in [3.8, 4) is 11.3 Å². The first-order chi connectivity index (χ1) is 14.0. The van der Waals surface area contributed by atoms with Gasteiger partial charge in [0.25, 0.3) is 5.91 Å². The predicted molar refractivity (Wildman–Crippen MR) is 119 cm³/mol. The Labute approximate surface area is 173 Å². The van der Waals surface area contributed by atoms with Crippen molar-refractivity contribution < 1.29 is 4.79 Å². The molecule has 1 fully saturated rings. The smallest absolute Gasteiger partial charge is 0.252 e. The summed E-state index contributed by atoms with van der Waals surface area (Å²) in [5.41, 5.74) is 4.56. The minimum Gasteiger partial charge on any atom is -0.349 e. The normalized spacial score (nSPS) is 15.7. The number of benzene rings is 2. The van der Waals surface area contributed by atoms with Gasteiger partial charge in [-0.2, -0.15) is 0 Å². The van der Waals surface area contributed by atoms with Crippen LogP contribution in [0.1, 0.15) is 42.6 Å². The molecule has 3 aromatic rings. The highest BCUT2D eigenvalue weighted by Gasteiger charge is 2.23. The van der Waals surface area contributed by atoms with Gasteiger partial charge >= 0.3 is 0 Å². The zero-order valence-electron chi connectivity index (χ0n) is 17.5. The van der Waals surface area contributed by atoms with Crippen molar-refractivity contribution in [2.75, 3.05) is 13.1 Å². The molecule has 4 rings (SSSR count). The van der Waals surface area contributed by atoms with E-state index < -0.39 is 0 Å². The van der Waals surface area contributed by atoms with E-state index >= 15 is 0 Å². The summed E-state index contributed by atoms with van der Waals surface area (Å²) in [4.78, 5) is 20.6. The van der Waals surface area contributed by atoms with Crippen LogP contribution in [0.3, 0.4) is 0 Å². The van der Waals surface area contributed by atoms with Gasteiger partial charge in [-0.3, -0.25) is 4.79 Å². The van der Waals surface area contributed by atoms with Crippen molar-refractivity contribution in [2.45, 2.75) is 45.7 Å². The van der Waals surface area contributed by atoms with Gasteiger partial charge in [0.05, 0.1) is 16.8 Å². The molecule has 29 heavy (non-hydrogen) atoms. The molecule has 1 aliphatic rings. The van der Waals surface area contributed by atoms with Crippen LogP contribution in [0.25, 0.3) is 22.2 Å². The molecule has 0 radical (unpaired) electrons. The zero-order chi connectivity index (χ0) is 20.4. The number of aryl methyl sites for hydroxylation is 1. The Morgan fingerprint density at radius 1 is 1.07 bits per heavy atom. The number of nitrogens with zero attached hydrogens (tertiary/aromatic N) is 2. The Balaban J connectivity index is 1.64. The summed E-state index contributed by atoms with van der Waals surface area (Å²) in [6, 6.07) is 18.9. The maximum absolute atomic E-state index is 13.3. The fourth-order valence-corrected chi connectivity index (χ4v) is 4.11. The van der Waals surface area contributed by atoms with E-state index in [0.29, 0.717) is 11.6 Å². The van der Waals surface area contributed by atoms with Crippen LogP contribution >= 0.6 is 0 Å². The summed E-state index contributed by atoms with van der Waals surface area (Å²) < 4.78 is 0. The first kappa shape index (κ1) is 19.6. The number of nitrogens with one attached hydrogen (secondary N) is 1. The van der Waals surface area contributed by atoms with Crippen LogP contribution in [0.2, 0.25) is 0 Å². The number of hydrogen-bond acceptors (Lipinski definition) is 3. The highest BCUT2D eigenvalue weighted by molar-refractivity contribution is 6.07. The molecule has 0 saturated carbocycles. The summed E-state index contributed by atoms with van der Waals surface area (Å²) in [6.45, 7) is 8.58. The number of pyridine rings is 1. The second kappa shape index (κ2) is 8.34. The van der Waals surface area contributed by atoms with Gasteiger partial charge in [0.1, 0.15) is 0 Å². The Hall–Kier alpha value is -2.72. The summed E-state index contributed by atoms with van der Waals surface area (Å²) >= 11 is 0. The third-order valence-corrected chi connectivity index (χ3v) is 5.87. The van der Waals surface area contributed by atoms with Crippen molar-refractivity contribution >= 4 is 16.8 Å². The van der Waals surface area contributed by atoms with Crippen molar-refractivity contribution in [1.29, 1.82) is 0 Å². The third kappa shape index (κ3) is 4.33. The minimum absolute atomic E-state index is 0.00294. The number of aromatic nitrogens is 1. The highest BCUT2D eigenvalue weighted by Crippen LogP contribution is 2.26. The SMILES string of the molecule is Cc1ccc2nc(-c3ccccc3)cc(C(=O)NC3CCN(C(C)C)CC3)c2c1. The Morgan fingerprint density at radius 2 is 1.79 bits per heavy atom. The quantitative estimate of drug-likeness (QED) is 0.698. The van der Waals surface area contributed by atoms with Gasteiger partial charge in [-0.05, 0) is 51.8 Å². The Kier molecular flexibility index (Phi) is 5.63. The average molecular weight is 388 g/mol. The molecule has 150 valence electrons. The van der Waals surface area contributed by atoms with Crippen molar-refractivity contribution in [2.24, 2.45) is 0 Å². The maximum atomic E-state index is 13.3. The van der Waals surface area contributed by atoms with E-state index in [4.69, 9.17) is 4.98 Å². The number of piperidine rings is 1. The maximum Gasteiger partial charge on any atom is 0.252 e. The molecule has 2 heterocycles. The van der Waals surface area contributed by atoms with Gasteiger partial charge in [0.15, 0.2) is 0 Å². The van der Waals surface area contributed by atoms with E-state index in [-0.39, 0.29) is 11.9 Å². The second-order valence-corrected chi connectivity index (χ2v) is 8.32. The molecule has 0 aliphatic carbocycles. The number of likely N-dealkylation sites (tertiary alicyclic amines) is 1. The van der Waals surface area contributed by atoms with E-state index in [1.54, 1.807) is 0 Å². The van der Waals surface area contributed by atoms with Crippen molar-refractivity contribution in [1.82, 2.24) is 15.2 Å². The van der Waals surface area contributed by atoms with Crippen molar-refractivity contribution in [3.63, 3.8) is 0 Å². The molecule has 1 amide bonds. The molecule has 1 N–H and O–H groups in total. The number of fused-ring (bicyclic) bond motifs is 1. The van der Waals surface area contributed by atoms with E-state index in [0.717, 1.165) is 53.7 Å². The topological polar surface area (TPSA) is 45.2 Å². The number of carbonyl (C=O) groups excluding carboxylic acids is 1. The summed E-state index contributed by atoms with van der Waals surface area (Å²) in [5, 5.41) is 4.21. The lowest BCUT2D eigenvalue weighted by atomic mass is 10.00. The standard InChI is InChI=1S/C25H29N3O/c1-17(2)28-13-11-20(12-14-28)26-25(29)22-16-24(19-7-5-4-6-8-19)27-23-10-9-18(3)15-21(22)23/h4-10,15-17,20H,11-14H2,1-3H3,(H,26,29). The molecule has 1 saturated heterocycles. The van der Waals surface area contributed by atoms with E-state index in [2.05, 4.69) is 30.1 Å². The Bertz CT molecular complexity index is 1010. The molecule has 2 aromatic carbocycles. The monoisotopic (exact) mass is 387 g/mol. The first-order valence-electron chi connectivity index (χ1n) is 10.5. The largest absolute Gasteiger partial charge is 0.349 e. The van der Waals surface area contributed by atoms with Gasteiger partial charge in [-0.15, -0.1) is 0 Å². The van der Waals surface area contributed by atoms with Gasteiger partial charge < -0.3 is 10.2 Å². The summed E-state index contributed by atoms with van der Waals surface area (Å²) in [6.07, 6.45) is 2.00. The lowest BCUT2D eigenvalue weighted by Gasteiger charge is -2.34. The van der Waals surface area contributed by atoms with Gasteiger partial charge in [-0.1, -0.05) is 42.0 Å². The van der Waals surface area contributed by atoms with Crippen LogP contribution < -0.4 is 5.32 Å². The predicted octanol–water partition coefficient (Wildman–Crippen LogP) is 4.81. The zero-order valence-corrected chi connectivity index (χ0v) is 17.5. The van der Waals surface area contributed by atoms with Crippen LogP contribution in [0.5, 0.6) is 0 Å². The molecule has 4 heteroatoms. The van der Waals surface area contributed by atoms with Crippen LogP contribution in [-0.2, 0) is 0 Å². The van der Waals surface area contributed by atoms with Gasteiger partial charge in [0.2, 0.25) is 0 Å². The fraction of sp³-hybridized carbons (Fsp3) is 0.360. The molecule has 4 nitrogen and oxygen atoms in total. The van der Waals surface area contributed by atoms with E-state index in [1.165, 1.54) is 0 Å². The van der Waals surface area contributed by atoms with Crippen LogP contribution in [0.15, 0.2) is 54.6 Å². The molecule has 1 aliphatic heterocycles. The number of hydrogen-bond donors (Lipinski definition) is 1. The average Bonchev–Trinajstić information content (AvgIpc) is 2.74. The lowest BCUT2D eigenvalue weighted by Crippen LogP contribution is -2.46.